The van der Waals surface area contributed by atoms with E-state index >= 15 is 0 Å². The Hall–Kier alpha value is -1.63. The van der Waals surface area contributed by atoms with Gasteiger partial charge in [0, 0.05) is 5.38 Å². The number of nitrogens with one attached hydrogen (secondary N) is 1. The minimum Gasteiger partial charge on any atom is -0.455 e. The van der Waals surface area contributed by atoms with E-state index in [0.29, 0.717) is 5.01 Å². The lowest BCUT2D eigenvalue weighted by molar-refractivity contribution is 0.00634. The van der Waals surface area contributed by atoms with Crippen LogP contribution in [-0.2, 0) is 16.0 Å². The average molecular weight is 314 g/mol. The Morgan fingerprint density at radius 1 is 1.14 bits per heavy atom. The largest absolute Gasteiger partial charge is 0.455 e. The molecule has 1 amide bonds. The van der Waals surface area contributed by atoms with Crippen LogP contribution in [0.2, 0.25) is 0 Å². The molecular weight excluding hydrogens is 292 g/mol. The second-order valence-electron chi connectivity index (χ2n) is 6.48. The lowest BCUT2D eigenvalue weighted by Crippen LogP contribution is -2.32. The van der Waals surface area contributed by atoms with Crippen molar-refractivity contribution in [2.24, 2.45) is 0 Å². The van der Waals surface area contributed by atoms with E-state index in [0.717, 1.165) is 0 Å². The zero-order valence-electron chi connectivity index (χ0n) is 13.3. The maximum Gasteiger partial charge on any atom is 0.408 e. The third kappa shape index (κ3) is 7.08. The van der Waals surface area contributed by atoms with Crippen molar-refractivity contribution in [2.45, 2.75) is 59.3 Å². The van der Waals surface area contributed by atoms with Gasteiger partial charge in [-0.15, -0.1) is 11.3 Å². The number of hydrogen-bond donors (Lipinski definition) is 1. The Labute approximate surface area is 128 Å². The number of rotatable bonds is 3. The molecule has 0 aliphatic heterocycles. The molecule has 0 bridgehead atoms. The molecule has 0 aromatic carbocycles. The smallest absolute Gasteiger partial charge is 0.408 e. The molecule has 0 radical (unpaired) electrons. The van der Waals surface area contributed by atoms with Gasteiger partial charge in [-0.2, -0.15) is 0 Å². The van der Waals surface area contributed by atoms with Gasteiger partial charge in [-0.25, -0.2) is 14.6 Å². The fraction of sp³-hybridized carbons (Fsp3) is 0.643. The number of ether oxygens (including phenoxy) is 2. The van der Waals surface area contributed by atoms with Crippen LogP contribution in [0.1, 0.15) is 57.0 Å². The van der Waals surface area contributed by atoms with Gasteiger partial charge in [0.05, 0.1) is 6.54 Å². The lowest BCUT2D eigenvalue weighted by atomic mass is 10.2. The summed E-state index contributed by atoms with van der Waals surface area (Å²) in [6.45, 7) is 11.0. The molecule has 118 valence electrons. The Balaban J connectivity index is 2.53. The normalized spacial score (nSPS) is 11.9. The number of nitrogens with zero attached hydrogens (tertiary/aromatic N) is 1. The summed E-state index contributed by atoms with van der Waals surface area (Å²) in [5, 5.41) is 4.81. The van der Waals surface area contributed by atoms with E-state index in [9.17, 15) is 9.59 Å². The molecule has 0 aliphatic rings. The van der Waals surface area contributed by atoms with Gasteiger partial charge >= 0.3 is 12.1 Å². The van der Waals surface area contributed by atoms with Crippen molar-refractivity contribution in [1.82, 2.24) is 10.3 Å². The molecule has 1 aromatic rings. The van der Waals surface area contributed by atoms with E-state index in [2.05, 4.69) is 10.3 Å². The number of aromatic nitrogens is 1. The van der Waals surface area contributed by atoms with Gasteiger partial charge in [0.25, 0.3) is 0 Å². The number of carbonyl (C=O) groups is 2. The molecule has 1 aromatic heterocycles. The van der Waals surface area contributed by atoms with Crippen LogP contribution in [0, 0.1) is 0 Å². The molecule has 0 saturated carbocycles. The topological polar surface area (TPSA) is 77.5 Å². The fourth-order valence-electron chi connectivity index (χ4n) is 1.28. The van der Waals surface area contributed by atoms with Crippen molar-refractivity contribution in [3.05, 3.63) is 16.1 Å². The van der Waals surface area contributed by atoms with Crippen LogP contribution < -0.4 is 5.32 Å². The molecule has 0 atom stereocenters. The first-order valence-electron chi connectivity index (χ1n) is 6.61. The van der Waals surface area contributed by atoms with E-state index in [1.54, 1.807) is 46.9 Å². The Morgan fingerprint density at radius 2 is 1.71 bits per heavy atom. The molecule has 7 heteroatoms. The standard InChI is InChI=1S/C14H22N2O4S/c1-13(2,3)19-11(17)9-8-21-10(16-9)7-15-12(18)20-14(4,5)6/h8H,7H2,1-6H3,(H,15,18). The van der Waals surface area contributed by atoms with Crippen LogP contribution in [0.15, 0.2) is 5.38 Å². The molecule has 0 aliphatic carbocycles. The van der Waals surface area contributed by atoms with Crippen LogP contribution in [0.25, 0.3) is 0 Å². The maximum absolute atomic E-state index is 11.8. The SMILES string of the molecule is CC(C)(C)OC(=O)NCc1nc(C(=O)OC(C)(C)C)cs1. The van der Waals surface area contributed by atoms with Gasteiger partial charge in [-0.05, 0) is 41.5 Å². The van der Waals surface area contributed by atoms with Crippen LogP contribution in [0.5, 0.6) is 0 Å². The molecule has 0 fully saturated rings. The van der Waals surface area contributed by atoms with Crippen molar-refractivity contribution in [3.8, 4) is 0 Å². The quantitative estimate of drug-likeness (QED) is 0.867. The van der Waals surface area contributed by atoms with E-state index < -0.39 is 23.3 Å². The van der Waals surface area contributed by atoms with Crippen LogP contribution in [0.4, 0.5) is 4.79 Å². The summed E-state index contributed by atoms with van der Waals surface area (Å²) in [5.74, 6) is -0.470. The molecule has 1 rings (SSSR count). The van der Waals surface area contributed by atoms with Crippen molar-refractivity contribution in [2.75, 3.05) is 0 Å². The predicted molar refractivity (Wildman–Crippen MR) is 80.4 cm³/mol. The maximum atomic E-state index is 11.8. The molecule has 0 saturated heterocycles. The van der Waals surface area contributed by atoms with Gasteiger partial charge in [0.2, 0.25) is 0 Å². The van der Waals surface area contributed by atoms with Gasteiger partial charge < -0.3 is 14.8 Å². The number of esters is 1. The second-order valence-corrected chi connectivity index (χ2v) is 7.43. The van der Waals surface area contributed by atoms with Crippen LogP contribution >= 0.6 is 11.3 Å². The molecule has 1 heterocycles. The van der Waals surface area contributed by atoms with E-state index in [1.807, 2.05) is 0 Å². The number of thiazole rings is 1. The van der Waals surface area contributed by atoms with Crippen LogP contribution in [-0.4, -0.2) is 28.2 Å². The van der Waals surface area contributed by atoms with Crippen molar-refractivity contribution < 1.29 is 19.1 Å². The highest BCUT2D eigenvalue weighted by molar-refractivity contribution is 7.09. The van der Waals surface area contributed by atoms with E-state index in [-0.39, 0.29) is 12.2 Å². The van der Waals surface area contributed by atoms with Gasteiger partial charge in [0.1, 0.15) is 16.2 Å². The molecule has 1 N–H and O–H groups in total. The van der Waals surface area contributed by atoms with Crippen LogP contribution in [0.3, 0.4) is 0 Å². The summed E-state index contributed by atoms with van der Waals surface area (Å²) in [6, 6.07) is 0. The number of carbonyl (C=O) groups excluding carboxylic acids is 2. The highest BCUT2D eigenvalue weighted by Crippen LogP contribution is 2.15. The van der Waals surface area contributed by atoms with Gasteiger partial charge in [-0.3, -0.25) is 0 Å². The molecule has 6 nitrogen and oxygen atoms in total. The van der Waals surface area contributed by atoms with Crippen molar-refractivity contribution in [3.63, 3.8) is 0 Å². The molecule has 21 heavy (non-hydrogen) atoms. The van der Waals surface area contributed by atoms with E-state index in [4.69, 9.17) is 9.47 Å². The zero-order chi connectivity index (χ0) is 16.3. The zero-order valence-corrected chi connectivity index (χ0v) is 14.1. The molecular formula is C14H22N2O4S. The lowest BCUT2D eigenvalue weighted by Gasteiger charge is -2.19. The summed E-state index contributed by atoms with van der Waals surface area (Å²) >= 11 is 1.28. The Kier molecular flexibility index (Phi) is 5.33. The first-order chi connectivity index (χ1) is 9.46. The number of hydrogen-bond acceptors (Lipinski definition) is 6. The minimum atomic E-state index is -0.560. The Bertz CT molecular complexity index is 512. The Morgan fingerprint density at radius 3 is 2.24 bits per heavy atom. The molecule has 0 unspecified atom stereocenters. The third-order valence-electron chi connectivity index (χ3n) is 1.94. The van der Waals surface area contributed by atoms with Crippen molar-refractivity contribution >= 4 is 23.4 Å². The highest BCUT2D eigenvalue weighted by Gasteiger charge is 2.20. The second kappa shape index (κ2) is 6.43. The summed E-state index contributed by atoms with van der Waals surface area (Å²) in [6.07, 6.45) is -0.517. The summed E-state index contributed by atoms with van der Waals surface area (Å²) in [4.78, 5) is 27.5. The highest BCUT2D eigenvalue weighted by atomic mass is 32.1. The first-order valence-corrected chi connectivity index (χ1v) is 7.49. The van der Waals surface area contributed by atoms with E-state index in [1.165, 1.54) is 11.3 Å². The van der Waals surface area contributed by atoms with Gasteiger partial charge in [-0.1, -0.05) is 0 Å². The predicted octanol–water partition coefficient (Wildman–Crippen LogP) is 3.12. The fourth-order valence-corrected chi connectivity index (χ4v) is 1.98. The van der Waals surface area contributed by atoms with Crippen molar-refractivity contribution in [1.29, 1.82) is 0 Å². The van der Waals surface area contributed by atoms with Gasteiger partial charge in [0.15, 0.2) is 5.69 Å². The average Bonchev–Trinajstić information content (AvgIpc) is 2.70. The first kappa shape index (κ1) is 17.4. The summed E-state index contributed by atoms with van der Waals surface area (Å²) in [5.41, 5.74) is -0.861. The summed E-state index contributed by atoms with van der Waals surface area (Å²) in [7, 11) is 0. The monoisotopic (exact) mass is 314 g/mol. The molecule has 0 spiro atoms. The summed E-state index contributed by atoms with van der Waals surface area (Å²) < 4.78 is 10.3. The number of alkyl carbamates (subject to hydrolysis) is 1. The minimum absolute atomic E-state index is 0.211. The third-order valence-corrected chi connectivity index (χ3v) is 2.79. The number of amides is 1.